The highest BCUT2D eigenvalue weighted by Crippen LogP contribution is 2.21. The van der Waals surface area contributed by atoms with Gasteiger partial charge < -0.3 is 9.88 Å². The second kappa shape index (κ2) is 5.09. The van der Waals surface area contributed by atoms with Crippen LogP contribution < -0.4 is 4.90 Å². The fraction of sp³-hybridized carbons (Fsp3) is 0.0667. The molecule has 3 aromatic rings. The lowest BCUT2D eigenvalue weighted by Crippen LogP contribution is -2.26. The van der Waals surface area contributed by atoms with Gasteiger partial charge in [-0.3, -0.25) is 4.79 Å². The van der Waals surface area contributed by atoms with Gasteiger partial charge in [0.25, 0.3) is 5.91 Å². The molecule has 0 spiro atoms. The van der Waals surface area contributed by atoms with Crippen LogP contribution in [0.2, 0.25) is 0 Å². The van der Waals surface area contributed by atoms with Crippen molar-refractivity contribution in [1.29, 1.82) is 0 Å². The van der Waals surface area contributed by atoms with Crippen molar-refractivity contribution in [3.8, 4) is 0 Å². The topological polar surface area (TPSA) is 49.0 Å². The number of amides is 1. The van der Waals surface area contributed by atoms with Crippen LogP contribution in [0.4, 0.5) is 5.69 Å². The van der Waals surface area contributed by atoms with Gasteiger partial charge in [0.2, 0.25) is 0 Å². The maximum atomic E-state index is 12.4. The summed E-state index contributed by atoms with van der Waals surface area (Å²) in [4.78, 5) is 21.3. The van der Waals surface area contributed by atoms with Gasteiger partial charge in [0.05, 0.1) is 17.4 Å². The van der Waals surface area contributed by atoms with E-state index in [4.69, 9.17) is 0 Å². The van der Waals surface area contributed by atoms with Crippen LogP contribution in [-0.2, 0) is 0 Å². The molecule has 3 rings (SSSR count). The normalized spacial score (nSPS) is 10.7. The number of aromatic amines is 1. The van der Waals surface area contributed by atoms with Crippen molar-refractivity contribution in [2.24, 2.45) is 0 Å². The molecule has 0 bridgehead atoms. The van der Waals surface area contributed by atoms with Gasteiger partial charge in [0.1, 0.15) is 0 Å². The minimum Gasteiger partial charge on any atom is -0.345 e. The average Bonchev–Trinajstić information content (AvgIpc) is 2.94. The lowest BCUT2D eigenvalue weighted by atomic mass is 10.2. The minimum absolute atomic E-state index is 0.0450. The van der Waals surface area contributed by atoms with Crippen molar-refractivity contribution in [1.82, 2.24) is 9.97 Å². The molecule has 0 saturated carbocycles. The van der Waals surface area contributed by atoms with Gasteiger partial charge in [-0.2, -0.15) is 0 Å². The van der Waals surface area contributed by atoms with E-state index in [0.717, 1.165) is 21.2 Å². The van der Waals surface area contributed by atoms with Crippen LogP contribution in [0.15, 0.2) is 53.3 Å². The Morgan fingerprint density at radius 1 is 1.20 bits per heavy atom. The number of fused-ring (bicyclic) bond motifs is 1. The largest absolute Gasteiger partial charge is 0.345 e. The van der Waals surface area contributed by atoms with Crippen molar-refractivity contribution in [3.63, 3.8) is 0 Å². The van der Waals surface area contributed by atoms with E-state index in [9.17, 15) is 4.79 Å². The standard InChI is InChI=1S/C15H12BrN3O/c1-19(15(20)10-2-4-11(16)5-3-10)12-6-7-13-14(8-12)18-9-17-13/h2-9H,1H3,(H,17,18). The Labute approximate surface area is 124 Å². The van der Waals surface area contributed by atoms with Crippen molar-refractivity contribution in [2.75, 3.05) is 11.9 Å². The molecule has 0 aliphatic rings. The number of benzene rings is 2. The molecular weight excluding hydrogens is 318 g/mol. The number of hydrogen-bond donors (Lipinski definition) is 1. The Morgan fingerprint density at radius 2 is 1.95 bits per heavy atom. The predicted molar refractivity (Wildman–Crippen MR) is 83.0 cm³/mol. The second-order valence-electron chi connectivity index (χ2n) is 4.48. The molecule has 1 N–H and O–H groups in total. The van der Waals surface area contributed by atoms with Gasteiger partial charge in [-0.1, -0.05) is 15.9 Å². The van der Waals surface area contributed by atoms with Gasteiger partial charge in [-0.05, 0) is 42.5 Å². The first-order valence-corrected chi connectivity index (χ1v) is 6.91. The number of nitrogens with zero attached hydrogens (tertiary/aromatic N) is 2. The lowest BCUT2D eigenvalue weighted by molar-refractivity contribution is 0.0993. The summed E-state index contributed by atoms with van der Waals surface area (Å²) < 4.78 is 0.954. The van der Waals surface area contributed by atoms with Gasteiger partial charge in [0, 0.05) is 22.8 Å². The van der Waals surface area contributed by atoms with Crippen molar-refractivity contribution in [2.45, 2.75) is 0 Å². The van der Waals surface area contributed by atoms with Crippen LogP contribution in [-0.4, -0.2) is 22.9 Å². The summed E-state index contributed by atoms with van der Waals surface area (Å²) in [5.74, 6) is -0.0450. The Kier molecular flexibility index (Phi) is 3.28. The predicted octanol–water partition coefficient (Wildman–Crippen LogP) is 3.60. The Bertz CT molecular complexity index is 764. The van der Waals surface area contributed by atoms with E-state index in [-0.39, 0.29) is 5.91 Å². The lowest BCUT2D eigenvalue weighted by Gasteiger charge is -2.17. The van der Waals surface area contributed by atoms with Crippen LogP contribution in [0, 0.1) is 0 Å². The van der Waals surface area contributed by atoms with Gasteiger partial charge in [-0.15, -0.1) is 0 Å². The van der Waals surface area contributed by atoms with Crippen LogP contribution >= 0.6 is 15.9 Å². The average molecular weight is 330 g/mol. The first-order valence-electron chi connectivity index (χ1n) is 6.12. The fourth-order valence-corrected chi connectivity index (χ4v) is 2.30. The number of H-pyrrole nitrogens is 1. The molecule has 2 aromatic carbocycles. The van der Waals surface area contributed by atoms with Crippen LogP contribution in [0.25, 0.3) is 11.0 Å². The van der Waals surface area contributed by atoms with E-state index < -0.39 is 0 Å². The number of imidazole rings is 1. The number of hydrogen-bond acceptors (Lipinski definition) is 2. The monoisotopic (exact) mass is 329 g/mol. The van der Waals surface area contributed by atoms with Gasteiger partial charge >= 0.3 is 0 Å². The first-order chi connectivity index (χ1) is 9.65. The zero-order valence-electron chi connectivity index (χ0n) is 10.8. The Balaban J connectivity index is 1.92. The second-order valence-corrected chi connectivity index (χ2v) is 5.39. The molecule has 0 aliphatic carbocycles. The summed E-state index contributed by atoms with van der Waals surface area (Å²) in [7, 11) is 1.77. The number of halogens is 1. The molecule has 4 nitrogen and oxygen atoms in total. The zero-order chi connectivity index (χ0) is 14.1. The molecule has 100 valence electrons. The molecular formula is C15H12BrN3O. The number of carbonyl (C=O) groups excluding carboxylic acids is 1. The summed E-state index contributed by atoms with van der Waals surface area (Å²) in [6.07, 6.45) is 1.64. The third-order valence-electron chi connectivity index (χ3n) is 3.19. The van der Waals surface area contributed by atoms with E-state index in [1.807, 2.05) is 30.3 Å². The Morgan fingerprint density at radius 3 is 2.70 bits per heavy atom. The summed E-state index contributed by atoms with van der Waals surface area (Å²) in [6, 6.07) is 13.0. The number of rotatable bonds is 2. The fourth-order valence-electron chi connectivity index (χ4n) is 2.04. The number of carbonyl (C=O) groups is 1. The molecule has 0 saturated heterocycles. The molecule has 20 heavy (non-hydrogen) atoms. The van der Waals surface area contributed by atoms with Crippen molar-refractivity contribution in [3.05, 3.63) is 58.8 Å². The third kappa shape index (κ3) is 2.32. The first kappa shape index (κ1) is 12.9. The molecule has 0 radical (unpaired) electrons. The van der Waals surface area contributed by atoms with Crippen molar-refractivity contribution < 1.29 is 4.79 Å². The van der Waals surface area contributed by atoms with Crippen LogP contribution in [0.1, 0.15) is 10.4 Å². The Hall–Kier alpha value is -2.14. The van der Waals surface area contributed by atoms with Crippen LogP contribution in [0.5, 0.6) is 0 Å². The number of aromatic nitrogens is 2. The van der Waals surface area contributed by atoms with E-state index >= 15 is 0 Å². The maximum Gasteiger partial charge on any atom is 0.258 e. The molecule has 0 aliphatic heterocycles. The highest BCUT2D eigenvalue weighted by molar-refractivity contribution is 9.10. The molecule has 0 fully saturated rings. The smallest absolute Gasteiger partial charge is 0.258 e. The quantitative estimate of drug-likeness (QED) is 0.780. The van der Waals surface area contributed by atoms with E-state index in [2.05, 4.69) is 25.9 Å². The summed E-state index contributed by atoms with van der Waals surface area (Å²) in [5.41, 5.74) is 3.28. The highest BCUT2D eigenvalue weighted by Gasteiger charge is 2.13. The molecule has 0 atom stereocenters. The molecule has 0 unspecified atom stereocenters. The van der Waals surface area contributed by atoms with E-state index in [0.29, 0.717) is 5.56 Å². The molecule has 1 amide bonds. The van der Waals surface area contributed by atoms with E-state index in [1.165, 1.54) is 0 Å². The van der Waals surface area contributed by atoms with Crippen LogP contribution in [0.3, 0.4) is 0 Å². The van der Waals surface area contributed by atoms with Gasteiger partial charge in [0.15, 0.2) is 0 Å². The maximum absolute atomic E-state index is 12.4. The molecule has 1 heterocycles. The van der Waals surface area contributed by atoms with Gasteiger partial charge in [-0.25, -0.2) is 4.98 Å². The minimum atomic E-state index is -0.0450. The van der Waals surface area contributed by atoms with E-state index in [1.54, 1.807) is 30.4 Å². The molecule has 1 aromatic heterocycles. The summed E-state index contributed by atoms with van der Waals surface area (Å²) >= 11 is 3.36. The number of anilines is 1. The third-order valence-corrected chi connectivity index (χ3v) is 3.72. The zero-order valence-corrected chi connectivity index (χ0v) is 12.4. The molecule has 5 heteroatoms. The highest BCUT2D eigenvalue weighted by atomic mass is 79.9. The summed E-state index contributed by atoms with van der Waals surface area (Å²) in [5, 5.41) is 0. The number of nitrogens with one attached hydrogen (secondary N) is 1. The SMILES string of the molecule is CN(C(=O)c1ccc(Br)cc1)c1ccc2nc[nH]c2c1. The van der Waals surface area contributed by atoms with Crippen molar-refractivity contribution >= 4 is 38.6 Å². The summed E-state index contributed by atoms with van der Waals surface area (Å²) in [6.45, 7) is 0.